The number of carbonyl (C=O) groups is 2. The lowest BCUT2D eigenvalue weighted by Crippen LogP contribution is -2.50. The molecule has 0 radical (unpaired) electrons. The minimum Gasteiger partial charge on any atom is -0.356 e. The van der Waals surface area contributed by atoms with Gasteiger partial charge in [0.1, 0.15) is 0 Å². The van der Waals surface area contributed by atoms with Crippen LogP contribution in [0.15, 0.2) is 0 Å². The molecule has 6 heteroatoms. The fraction of sp³-hybridized carbons (Fsp3) is 0.882. The molecule has 1 spiro atoms. The molecule has 5 nitrogen and oxygen atoms in total. The van der Waals surface area contributed by atoms with Crippen molar-refractivity contribution >= 4 is 24.2 Å². The Balaban J connectivity index is 0.00000156. The molecule has 2 amide bonds. The SMILES string of the molecule is Cl.O=C1CC2(CCN(C(=O)C3CC4CCCCC4N3)CC2)CN1. The molecule has 0 bridgehead atoms. The van der Waals surface area contributed by atoms with E-state index in [1.165, 1.54) is 25.7 Å². The largest absolute Gasteiger partial charge is 0.356 e. The molecule has 4 rings (SSSR count). The van der Waals surface area contributed by atoms with Gasteiger partial charge in [-0.25, -0.2) is 0 Å². The average molecular weight is 342 g/mol. The lowest BCUT2D eigenvalue weighted by atomic mass is 9.77. The molecule has 3 heterocycles. The van der Waals surface area contributed by atoms with Gasteiger partial charge >= 0.3 is 0 Å². The third kappa shape index (κ3) is 3.22. The number of nitrogens with one attached hydrogen (secondary N) is 2. The fourth-order valence-electron chi connectivity index (χ4n) is 5.04. The molecule has 0 aromatic carbocycles. The molecule has 130 valence electrons. The highest BCUT2D eigenvalue weighted by Gasteiger charge is 2.44. The van der Waals surface area contributed by atoms with Crippen LogP contribution in [0.1, 0.15) is 51.4 Å². The molecular weight excluding hydrogens is 314 g/mol. The van der Waals surface area contributed by atoms with Gasteiger partial charge in [-0.2, -0.15) is 0 Å². The van der Waals surface area contributed by atoms with E-state index in [1.54, 1.807) is 0 Å². The lowest BCUT2D eigenvalue weighted by molar-refractivity contribution is -0.135. The number of fused-ring (bicyclic) bond motifs is 1. The van der Waals surface area contributed by atoms with E-state index in [0.29, 0.717) is 18.4 Å². The molecule has 1 aliphatic carbocycles. The molecule has 4 aliphatic rings. The normalized spacial score (nSPS) is 35.6. The minimum atomic E-state index is 0. The topological polar surface area (TPSA) is 61.4 Å². The Bertz CT molecular complexity index is 462. The maximum Gasteiger partial charge on any atom is 0.239 e. The fourth-order valence-corrected chi connectivity index (χ4v) is 5.04. The van der Waals surface area contributed by atoms with Crippen LogP contribution in [-0.2, 0) is 9.59 Å². The Morgan fingerprint density at radius 3 is 2.57 bits per heavy atom. The summed E-state index contributed by atoms with van der Waals surface area (Å²) in [4.78, 5) is 26.3. The first-order chi connectivity index (χ1) is 10.7. The molecular formula is C17H28ClN3O2. The van der Waals surface area contributed by atoms with Gasteiger partial charge in [0.05, 0.1) is 6.04 Å². The molecule has 3 saturated heterocycles. The summed E-state index contributed by atoms with van der Waals surface area (Å²) in [7, 11) is 0. The summed E-state index contributed by atoms with van der Waals surface area (Å²) in [6.07, 6.45) is 8.79. The van der Waals surface area contributed by atoms with Gasteiger partial charge in [-0.3, -0.25) is 9.59 Å². The molecule has 4 fully saturated rings. The van der Waals surface area contributed by atoms with E-state index in [-0.39, 0.29) is 29.8 Å². The van der Waals surface area contributed by atoms with E-state index in [4.69, 9.17) is 0 Å². The highest BCUT2D eigenvalue weighted by molar-refractivity contribution is 5.85. The smallest absolute Gasteiger partial charge is 0.239 e. The number of piperidine rings is 1. The Hall–Kier alpha value is -0.810. The van der Waals surface area contributed by atoms with Crippen molar-refractivity contribution in [2.24, 2.45) is 11.3 Å². The van der Waals surface area contributed by atoms with Gasteiger partial charge in [-0.15, -0.1) is 12.4 Å². The lowest BCUT2D eigenvalue weighted by Gasteiger charge is -2.39. The van der Waals surface area contributed by atoms with Crippen molar-refractivity contribution in [3.63, 3.8) is 0 Å². The van der Waals surface area contributed by atoms with Crippen LogP contribution in [0.3, 0.4) is 0 Å². The van der Waals surface area contributed by atoms with Crippen LogP contribution in [0.5, 0.6) is 0 Å². The summed E-state index contributed by atoms with van der Waals surface area (Å²) < 4.78 is 0. The zero-order valence-corrected chi connectivity index (χ0v) is 14.5. The number of hydrogen-bond donors (Lipinski definition) is 2. The predicted octanol–water partition coefficient (Wildman–Crippen LogP) is 1.46. The number of carbonyl (C=O) groups excluding carboxylic acids is 2. The Kier molecular flexibility index (Phi) is 4.88. The van der Waals surface area contributed by atoms with E-state index in [0.717, 1.165) is 44.8 Å². The number of halogens is 1. The van der Waals surface area contributed by atoms with Gasteiger partial charge in [0.2, 0.25) is 11.8 Å². The zero-order valence-electron chi connectivity index (χ0n) is 13.7. The number of likely N-dealkylation sites (tertiary alicyclic amines) is 1. The van der Waals surface area contributed by atoms with Crippen molar-refractivity contribution in [2.75, 3.05) is 19.6 Å². The van der Waals surface area contributed by atoms with Gasteiger partial charge in [0.15, 0.2) is 0 Å². The second-order valence-corrected chi connectivity index (χ2v) is 7.88. The number of amides is 2. The van der Waals surface area contributed by atoms with Crippen molar-refractivity contribution in [2.45, 2.75) is 63.5 Å². The van der Waals surface area contributed by atoms with Crippen LogP contribution in [-0.4, -0.2) is 48.4 Å². The zero-order chi connectivity index (χ0) is 15.2. The first-order valence-corrected chi connectivity index (χ1v) is 8.97. The van der Waals surface area contributed by atoms with E-state index >= 15 is 0 Å². The molecule has 3 aliphatic heterocycles. The molecule has 23 heavy (non-hydrogen) atoms. The van der Waals surface area contributed by atoms with Gasteiger partial charge in [0, 0.05) is 32.1 Å². The van der Waals surface area contributed by atoms with Gasteiger partial charge in [0.25, 0.3) is 0 Å². The van der Waals surface area contributed by atoms with Crippen molar-refractivity contribution in [3.8, 4) is 0 Å². The second kappa shape index (κ2) is 6.60. The number of hydrogen-bond acceptors (Lipinski definition) is 3. The molecule has 0 aromatic rings. The van der Waals surface area contributed by atoms with Gasteiger partial charge in [-0.1, -0.05) is 12.8 Å². The molecule has 3 unspecified atom stereocenters. The van der Waals surface area contributed by atoms with Crippen LogP contribution in [0.4, 0.5) is 0 Å². The first-order valence-electron chi connectivity index (χ1n) is 8.97. The number of rotatable bonds is 1. The van der Waals surface area contributed by atoms with E-state index in [2.05, 4.69) is 10.6 Å². The summed E-state index contributed by atoms with van der Waals surface area (Å²) in [6.45, 7) is 2.45. The van der Waals surface area contributed by atoms with Crippen molar-refractivity contribution < 1.29 is 9.59 Å². The Morgan fingerprint density at radius 1 is 1.17 bits per heavy atom. The quantitative estimate of drug-likeness (QED) is 0.759. The van der Waals surface area contributed by atoms with Crippen LogP contribution in [0, 0.1) is 11.3 Å². The third-order valence-electron chi connectivity index (χ3n) is 6.49. The monoisotopic (exact) mass is 341 g/mol. The van der Waals surface area contributed by atoms with Crippen LogP contribution >= 0.6 is 12.4 Å². The van der Waals surface area contributed by atoms with Crippen molar-refractivity contribution in [3.05, 3.63) is 0 Å². The number of nitrogens with zero attached hydrogens (tertiary/aromatic N) is 1. The van der Waals surface area contributed by atoms with E-state index < -0.39 is 0 Å². The van der Waals surface area contributed by atoms with E-state index in [9.17, 15) is 9.59 Å². The van der Waals surface area contributed by atoms with Crippen LogP contribution < -0.4 is 10.6 Å². The predicted molar refractivity (Wildman–Crippen MR) is 90.4 cm³/mol. The first kappa shape index (κ1) is 17.0. The Labute approximate surface area is 144 Å². The maximum absolute atomic E-state index is 12.8. The Morgan fingerprint density at radius 2 is 1.91 bits per heavy atom. The van der Waals surface area contributed by atoms with Crippen molar-refractivity contribution in [1.82, 2.24) is 15.5 Å². The van der Waals surface area contributed by atoms with Gasteiger partial charge < -0.3 is 15.5 Å². The summed E-state index contributed by atoms with van der Waals surface area (Å²) >= 11 is 0. The highest BCUT2D eigenvalue weighted by Crippen LogP contribution is 2.38. The average Bonchev–Trinajstić information content (AvgIpc) is 3.11. The molecule has 3 atom stereocenters. The molecule has 2 N–H and O–H groups in total. The summed E-state index contributed by atoms with van der Waals surface area (Å²) in [5.74, 6) is 1.21. The third-order valence-corrected chi connectivity index (χ3v) is 6.49. The molecule has 0 aromatic heterocycles. The van der Waals surface area contributed by atoms with Gasteiger partial charge in [-0.05, 0) is 43.4 Å². The van der Waals surface area contributed by atoms with E-state index in [1.807, 2.05) is 4.90 Å². The minimum absolute atomic E-state index is 0. The highest BCUT2D eigenvalue weighted by atomic mass is 35.5. The van der Waals surface area contributed by atoms with Crippen LogP contribution in [0.25, 0.3) is 0 Å². The molecule has 1 saturated carbocycles. The summed E-state index contributed by atoms with van der Waals surface area (Å²) in [5.41, 5.74) is 0.130. The summed E-state index contributed by atoms with van der Waals surface area (Å²) in [6, 6.07) is 0.626. The second-order valence-electron chi connectivity index (χ2n) is 7.88. The maximum atomic E-state index is 12.8. The summed E-state index contributed by atoms with van der Waals surface area (Å²) in [5, 5.41) is 6.56. The standard InChI is InChI=1S/C17H27N3O2.ClH/c21-15-10-17(11-18-15)5-7-20(8-6-17)16(22)14-9-12-3-1-2-4-13(12)19-14;/h12-14,19H,1-11H2,(H,18,21);1H. The van der Waals surface area contributed by atoms with Crippen LogP contribution in [0.2, 0.25) is 0 Å². The van der Waals surface area contributed by atoms with Crippen molar-refractivity contribution in [1.29, 1.82) is 0 Å².